The number of nitrogens with zero attached hydrogens (tertiary/aromatic N) is 2. The molecule has 0 fully saturated rings. The van der Waals surface area contributed by atoms with Crippen LogP contribution in [0.15, 0.2) is 60.7 Å². The van der Waals surface area contributed by atoms with Crippen molar-refractivity contribution in [3.05, 3.63) is 94.3 Å². The molecule has 168 valence electrons. The summed E-state index contributed by atoms with van der Waals surface area (Å²) in [5.41, 5.74) is 5.82. The van der Waals surface area contributed by atoms with E-state index in [0.29, 0.717) is 34.5 Å². The van der Waals surface area contributed by atoms with Crippen LogP contribution in [0.5, 0.6) is 16.7 Å². The number of carbonyl (C=O) groups is 1. The highest BCUT2D eigenvalue weighted by Crippen LogP contribution is 2.33. The minimum absolute atomic E-state index is 0.233. The van der Waals surface area contributed by atoms with Gasteiger partial charge in [0.2, 0.25) is 0 Å². The van der Waals surface area contributed by atoms with E-state index in [0.717, 1.165) is 16.8 Å². The highest BCUT2D eigenvalue weighted by molar-refractivity contribution is 7.07. The van der Waals surface area contributed by atoms with E-state index in [1.807, 2.05) is 32.0 Å². The van der Waals surface area contributed by atoms with Crippen molar-refractivity contribution in [2.45, 2.75) is 27.2 Å². The molecule has 3 aromatic carbocycles. The van der Waals surface area contributed by atoms with Crippen molar-refractivity contribution >= 4 is 23.1 Å². The van der Waals surface area contributed by atoms with Gasteiger partial charge in [0.05, 0.1) is 7.11 Å². The number of rotatable bonds is 7. The molecule has 0 aliphatic heterocycles. The number of ether oxygens (including phenoxy) is 2. The lowest BCUT2D eigenvalue weighted by Gasteiger charge is -2.11. The largest absolute Gasteiger partial charge is 0.493 e. The van der Waals surface area contributed by atoms with Crippen LogP contribution in [0.4, 0.5) is 5.69 Å². The van der Waals surface area contributed by atoms with E-state index >= 15 is 0 Å². The summed E-state index contributed by atoms with van der Waals surface area (Å²) in [5, 5.41) is 3.32. The molecular formula is C26H25N3O3S. The molecule has 0 aliphatic rings. The van der Waals surface area contributed by atoms with Crippen LogP contribution < -0.4 is 14.8 Å². The fourth-order valence-electron chi connectivity index (χ4n) is 3.25. The minimum Gasteiger partial charge on any atom is -0.493 e. The third-order valence-electron chi connectivity index (χ3n) is 5.32. The Morgan fingerprint density at radius 2 is 1.73 bits per heavy atom. The van der Waals surface area contributed by atoms with Gasteiger partial charge in [-0.1, -0.05) is 35.9 Å². The molecule has 1 amide bonds. The summed E-state index contributed by atoms with van der Waals surface area (Å²) in [4.78, 5) is 17.3. The molecule has 0 aliphatic carbocycles. The molecule has 0 bridgehead atoms. The maximum atomic E-state index is 12.8. The van der Waals surface area contributed by atoms with Gasteiger partial charge in [0.1, 0.15) is 0 Å². The lowest BCUT2D eigenvalue weighted by molar-refractivity contribution is 0.102. The van der Waals surface area contributed by atoms with Gasteiger partial charge >= 0.3 is 0 Å². The van der Waals surface area contributed by atoms with E-state index in [1.54, 1.807) is 25.3 Å². The number of methoxy groups -OCH3 is 1. The quantitative estimate of drug-likeness (QED) is 0.361. The van der Waals surface area contributed by atoms with E-state index in [-0.39, 0.29) is 5.91 Å². The zero-order chi connectivity index (χ0) is 23.4. The number of benzene rings is 3. The molecule has 33 heavy (non-hydrogen) atoms. The maximum absolute atomic E-state index is 12.8. The van der Waals surface area contributed by atoms with Crippen LogP contribution in [0.1, 0.15) is 38.4 Å². The van der Waals surface area contributed by atoms with Gasteiger partial charge in [0.15, 0.2) is 17.3 Å². The molecule has 0 saturated heterocycles. The molecule has 4 rings (SSSR count). The number of hydrogen-bond acceptors (Lipinski definition) is 6. The Labute approximate surface area is 197 Å². The van der Waals surface area contributed by atoms with Crippen molar-refractivity contribution < 1.29 is 14.3 Å². The zero-order valence-electron chi connectivity index (χ0n) is 19.0. The second-order valence-corrected chi connectivity index (χ2v) is 8.57. The lowest BCUT2D eigenvalue weighted by Crippen LogP contribution is -2.12. The van der Waals surface area contributed by atoms with Crippen molar-refractivity contribution in [1.29, 1.82) is 0 Å². The number of carbonyl (C=O) groups excluding carboxylic acids is 1. The summed E-state index contributed by atoms with van der Waals surface area (Å²) in [6.45, 7) is 6.10. The van der Waals surface area contributed by atoms with Crippen molar-refractivity contribution in [2.24, 2.45) is 0 Å². The molecule has 0 atom stereocenters. The van der Waals surface area contributed by atoms with Gasteiger partial charge < -0.3 is 14.8 Å². The Hall–Kier alpha value is -3.71. The van der Waals surface area contributed by atoms with Gasteiger partial charge in [-0.25, -0.2) is 0 Å². The van der Waals surface area contributed by atoms with Gasteiger partial charge in [0.25, 0.3) is 11.1 Å². The number of aromatic nitrogens is 2. The molecule has 0 saturated carbocycles. The monoisotopic (exact) mass is 459 g/mol. The molecule has 1 N–H and O–H groups in total. The lowest BCUT2D eigenvalue weighted by atomic mass is 10.1. The molecule has 7 heteroatoms. The third kappa shape index (κ3) is 5.56. The molecule has 0 radical (unpaired) electrons. The fraction of sp³-hybridized carbons (Fsp3) is 0.192. The Bertz CT molecular complexity index is 1280. The molecule has 6 nitrogen and oxygen atoms in total. The second kappa shape index (κ2) is 9.83. The standard InChI is InChI=1S/C26H25N3O3S/c1-16-5-8-19(9-6-16)14-24-28-26(33-29-24)32-23-15-20(10-12-22(23)31-4)25(30)27-21-11-7-17(2)18(3)13-21/h5-13,15H,14H2,1-4H3,(H,27,30). The number of amides is 1. The van der Waals surface area contributed by atoms with Crippen LogP contribution in [0, 0.1) is 20.8 Å². The summed E-state index contributed by atoms with van der Waals surface area (Å²) >= 11 is 1.17. The molecule has 4 aromatic rings. The van der Waals surface area contributed by atoms with Crippen molar-refractivity contribution in [1.82, 2.24) is 9.36 Å². The highest BCUT2D eigenvalue weighted by atomic mass is 32.1. The smallest absolute Gasteiger partial charge is 0.298 e. The van der Waals surface area contributed by atoms with E-state index in [2.05, 4.69) is 45.9 Å². The first kappa shape index (κ1) is 22.5. The van der Waals surface area contributed by atoms with E-state index in [9.17, 15) is 4.79 Å². The topological polar surface area (TPSA) is 73.3 Å². The van der Waals surface area contributed by atoms with Gasteiger partial charge in [-0.2, -0.15) is 9.36 Å². The van der Waals surface area contributed by atoms with Crippen LogP contribution in [0.25, 0.3) is 0 Å². The summed E-state index contributed by atoms with van der Waals surface area (Å²) in [5.74, 6) is 1.36. The Balaban J connectivity index is 1.50. The van der Waals surface area contributed by atoms with Gasteiger partial charge in [-0.15, -0.1) is 0 Å². The first-order valence-electron chi connectivity index (χ1n) is 10.5. The van der Waals surface area contributed by atoms with Crippen LogP contribution in [-0.4, -0.2) is 22.4 Å². The predicted octanol–water partition coefficient (Wildman–Crippen LogP) is 6.11. The van der Waals surface area contributed by atoms with E-state index in [1.165, 1.54) is 22.7 Å². The number of nitrogens with one attached hydrogen (secondary N) is 1. The third-order valence-corrected chi connectivity index (χ3v) is 5.95. The SMILES string of the molecule is COc1ccc(C(=O)Nc2ccc(C)c(C)c2)cc1Oc1nc(Cc2ccc(C)cc2)ns1. The molecular weight excluding hydrogens is 434 g/mol. The summed E-state index contributed by atoms with van der Waals surface area (Å²) in [6.07, 6.45) is 0.621. The summed E-state index contributed by atoms with van der Waals surface area (Å²) < 4.78 is 15.8. The average molecular weight is 460 g/mol. The summed E-state index contributed by atoms with van der Waals surface area (Å²) in [6, 6.07) is 19.1. The number of anilines is 1. The average Bonchev–Trinajstić information content (AvgIpc) is 3.24. The highest BCUT2D eigenvalue weighted by Gasteiger charge is 2.15. The van der Waals surface area contributed by atoms with Gasteiger partial charge in [-0.05, 0) is 67.8 Å². The predicted molar refractivity (Wildman–Crippen MR) is 131 cm³/mol. The maximum Gasteiger partial charge on any atom is 0.298 e. The van der Waals surface area contributed by atoms with Crippen LogP contribution in [0.2, 0.25) is 0 Å². The first-order chi connectivity index (χ1) is 15.9. The molecule has 1 heterocycles. The minimum atomic E-state index is -0.233. The van der Waals surface area contributed by atoms with Crippen molar-refractivity contribution in [2.75, 3.05) is 12.4 Å². The first-order valence-corrected chi connectivity index (χ1v) is 11.3. The van der Waals surface area contributed by atoms with E-state index < -0.39 is 0 Å². The van der Waals surface area contributed by atoms with Crippen molar-refractivity contribution in [3.8, 4) is 16.7 Å². The second-order valence-electron chi connectivity index (χ2n) is 7.86. The van der Waals surface area contributed by atoms with Crippen LogP contribution >= 0.6 is 11.5 Å². The van der Waals surface area contributed by atoms with Crippen LogP contribution in [-0.2, 0) is 6.42 Å². The fourth-order valence-corrected chi connectivity index (χ4v) is 3.82. The number of hydrogen-bond donors (Lipinski definition) is 1. The van der Waals surface area contributed by atoms with Crippen LogP contribution in [0.3, 0.4) is 0 Å². The normalized spacial score (nSPS) is 10.7. The van der Waals surface area contributed by atoms with Gasteiger partial charge in [0, 0.05) is 29.2 Å². The Morgan fingerprint density at radius 1 is 0.939 bits per heavy atom. The van der Waals surface area contributed by atoms with Crippen molar-refractivity contribution in [3.63, 3.8) is 0 Å². The van der Waals surface area contributed by atoms with Gasteiger partial charge in [-0.3, -0.25) is 4.79 Å². The summed E-state index contributed by atoms with van der Waals surface area (Å²) in [7, 11) is 1.56. The molecule has 1 aromatic heterocycles. The Morgan fingerprint density at radius 3 is 2.45 bits per heavy atom. The molecule has 0 spiro atoms. The zero-order valence-corrected chi connectivity index (χ0v) is 19.8. The van der Waals surface area contributed by atoms with E-state index in [4.69, 9.17) is 9.47 Å². The number of aryl methyl sites for hydroxylation is 3. The Kier molecular flexibility index (Phi) is 6.70. The molecule has 0 unspecified atom stereocenters.